The quantitative estimate of drug-likeness (QED) is 0.663. The Morgan fingerprint density at radius 1 is 1.57 bits per heavy atom. The molecule has 1 aliphatic heterocycles. The van der Waals surface area contributed by atoms with Gasteiger partial charge >= 0.3 is 5.97 Å². The first-order valence-corrected chi connectivity index (χ1v) is 7.28. The number of carboxylic acids is 1. The van der Waals surface area contributed by atoms with Crippen LogP contribution in [0.15, 0.2) is 12.1 Å². The second-order valence-corrected chi connectivity index (χ2v) is 5.68. The van der Waals surface area contributed by atoms with E-state index in [0.717, 1.165) is 38.4 Å². The first-order chi connectivity index (χ1) is 9.93. The van der Waals surface area contributed by atoms with E-state index in [-0.39, 0.29) is 16.3 Å². The van der Waals surface area contributed by atoms with E-state index >= 15 is 0 Å². The number of carboxylic acid groups (broad SMARTS) is 1. The molecule has 2 rings (SSSR count). The van der Waals surface area contributed by atoms with Gasteiger partial charge in [0.1, 0.15) is 0 Å². The highest BCUT2D eigenvalue weighted by Crippen LogP contribution is 2.37. The normalized spacial score (nSPS) is 18.0. The predicted octanol–water partition coefficient (Wildman–Crippen LogP) is 3.57. The summed E-state index contributed by atoms with van der Waals surface area (Å²) in [5.74, 6) is -0.683. The van der Waals surface area contributed by atoms with E-state index in [1.807, 2.05) is 4.90 Å². The lowest BCUT2D eigenvalue weighted by Gasteiger charge is -2.22. The second kappa shape index (κ2) is 6.30. The van der Waals surface area contributed by atoms with Gasteiger partial charge < -0.3 is 10.0 Å². The molecule has 1 aliphatic rings. The van der Waals surface area contributed by atoms with Crippen molar-refractivity contribution in [2.75, 3.05) is 18.0 Å². The largest absolute Gasteiger partial charge is 0.478 e. The van der Waals surface area contributed by atoms with E-state index in [1.54, 1.807) is 0 Å². The third-order valence-corrected chi connectivity index (χ3v) is 4.08. The number of hydrogen-bond acceptors (Lipinski definition) is 4. The van der Waals surface area contributed by atoms with Crippen molar-refractivity contribution in [1.82, 2.24) is 0 Å². The average Bonchev–Trinajstić information content (AvgIpc) is 2.86. The van der Waals surface area contributed by atoms with Crippen LogP contribution in [0, 0.1) is 16.0 Å². The average molecular weight is 313 g/mol. The van der Waals surface area contributed by atoms with Crippen LogP contribution in [0.5, 0.6) is 0 Å². The molecular weight excluding hydrogens is 296 g/mol. The minimum atomic E-state index is -1.20. The van der Waals surface area contributed by atoms with Crippen LogP contribution in [0.1, 0.15) is 36.5 Å². The van der Waals surface area contributed by atoms with E-state index in [2.05, 4.69) is 6.92 Å². The molecule has 1 heterocycles. The number of aromatic carboxylic acids is 1. The summed E-state index contributed by atoms with van der Waals surface area (Å²) in [6.45, 7) is 3.58. The summed E-state index contributed by atoms with van der Waals surface area (Å²) >= 11 is 6.12. The van der Waals surface area contributed by atoms with Gasteiger partial charge in [0.2, 0.25) is 0 Å². The zero-order valence-electron chi connectivity index (χ0n) is 11.7. The Labute approximate surface area is 127 Å². The van der Waals surface area contributed by atoms with Crippen molar-refractivity contribution in [3.63, 3.8) is 0 Å². The Morgan fingerprint density at radius 3 is 2.86 bits per heavy atom. The highest BCUT2D eigenvalue weighted by Gasteiger charge is 2.29. The van der Waals surface area contributed by atoms with E-state index < -0.39 is 10.9 Å². The molecule has 0 bridgehead atoms. The lowest BCUT2D eigenvalue weighted by molar-refractivity contribution is -0.384. The minimum absolute atomic E-state index is 0.105. The topological polar surface area (TPSA) is 83.7 Å². The fourth-order valence-electron chi connectivity index (χ4n) is 2.85. The molecule has 114 valence electrons. The third kappa shape index (κ3) is 3.26. The van der Waals surface area contributed by atoms with Crippen LogP contribution in [0.2, 0.25) is 5.02 Å². The number of benzene rings is 1. The van der Waals surface area contributed by atoms with Gasteiger partial charge in [0, 0.05) is 25.2 Å². The van der Waals surface area contributed by atoms with Gasteiger partial charge in [0.25, 0.3) is 5.69 Å². The molecule has 1 aromatic rings. The zero-order valence-corrected chi connectivity index (χ0v) is 12.5. The summed E-state index contributed by atoms with van der Waals surface area (Å²) in [6.07, 6.45) is 3.15. The van der Waals surface area contributed by atoms with Crippen LogP contribution >= 0.6 is 11.6 Å². The number of nitro benzene ring substituents is 1. The van der Waals surface area contributed by atoms with Gasteiger partial charge in [-0.15, -0.1) is 0 Å². The van der Waals surface area contributed by atoms with Gasteiger partial charge in [-0.2, -0.15) is 0 Å². The van der Waals surface area contributed by atoms with E-state index in [1.165, 1.54) is 6.07 Å². The van der Waals surface area contributed by atoms with Gasteiger partial charge in [-0.25, -0.2) is 4.79 Å². The molecular formula is C14H17ClN2O4. The van der Waals surface area contributed by atoms with Crippen molar-refractivity contribution in [1.29, 1.82) is 0 Å². The van der Waals surface area contributed by atoms with E-state index in [9.17, 15) is 20.0 Å². The Balaban J connectivity index is 2.39. The van der Waals surface area contributed by atoms with Gasteiger partial charge in [-0.1, -0.05) is 24.9 Å². The minimum Gasteiger partial charge on any atom is -0.478 e. The van der Waals surface area contributed by atoms with Crippen molar-refractivity contribution in [2.24, 2.45) is 5.92 Å². The molecule has 7 heteroatoms. The molecule has 21 heavy (non-hydrogen) atoms. The molecule has 1 fully saturated rings. The van der Waals surface area contributed by atoms with Crippen LogP contribution in [-0.4, -0.2) is 29.1 Å². The summed E-state index contributed by atoms with van der Waals surface area (Å²) in [5.41, 5.74) is -0.00910. The number of halogens is 1. The van der Waals surface area contributed by atoms with Gasteiger partial charge in [-0.3, -0.25) is 10.1 Å². The molecule has 6 nitrogen and oxygen atoms in total. The number of hydrogen-bond donors (Lipinski definition) is 1. The summed E-state index contributed by atoms with van der Waals surface area (Å²) in [4.78, 5) is 23.5. The molecule has 1 unspecified atom stereocenters. The van der Waals surface area contributed by atoms with Crippen molar-refractivity contribution < 1.29 is 14.8 Å². The Bertz CT molecular complexity index is 576. The number of carbonyl (C=O) groups is 1. The van der Waals surface area contributed by atoms with E-state index in [4.69, 9.17) is 11.6 Å². The third-order valence-electron chi connectivity index (χ3n) is 3.79. The highest BCUT2D eigenvalue weighted by atomic mass is 35.5. The number of nitro groups is 1. The Kier molecular flexibility index (Phi) is 4.67. The zero-order chi connectivity index (χ0) is 15.6. The monoisotopic (exact) mass is 312 g/mol. The summed E-state index contributed by atoms with van der Waals surface area (Å²) in [6, 6.07) is 2.30. The summed E-state index contributed by atoms with van der Waals surface area (Å²) in [5, 5.41) is 20.3. The smallest absolute Gasteiger partial charge is 0.338 e. The molecule has 0 radical (unpaired) electrons. The fourth-order valence-corrected chi connectivity index (χ4v) is 3.19. The first kappa shape index (κ1) is 15.6. The summed E-state index contributed by atoms with van der Waals surface area (Å²) < 4.78 is 0. The maximum atomic E-state index is 11.4. The SMILES string of the molecule is CCCC1CCN(c2c(Cl)cc([N+](=O)[O-])cc2C(=O)O)C1. The van der Waals surface area contributed by atoms with E-state index in [0.29, 0.717) is 11.6 Å². The maximum absolute atomic E-state index is 11.4. The lowest BCUT2D eigenvalue weighted by Crippen LogP contribution is -2.23. The lowest BCUT2D eigenvalue weighted by atomic mass is 10.0. The van der Waals surface area contributed by atoms with Crippen LogP contribution in [-0.2, 0) is 0 Å². The van der Waals surface area contributed by atoms with Crippen molar-refractivity contribution in [3.8, 4) is 0 Å². The molecule has 1 aromatic carbocycles. The molecule has 0 amide bonds. The fraction of sp³-hybridized carbons (Fsp3) is 0.500. The summed E-state index contributed by atoms with van der Waals surface area (Å²) in [7, 11) is 0. The maximum Gasteiger partial charge on any atom is 0.338 e. The molecule has 0 aromatic heterocycles. The number of nitrogens with zero attached hydrogens (tertiary/aromatic N) is 2. The van der Waals surface area contributed by atoms with Crippen LogP contribution in [0.4, 0.5) is 11.4 Å². The first-order valence-electron chi connectivity index (χ1n) is 6.90. The van der Waals surface area contributed by atoms with Gasteiger partial charge in [0.15, 0.2) is 0 Å². The number of anilines is 1. The molecule has 1 atom stereocenters. The molecule has 1 saturated heterocycles. The molecule has 0 spiro atoms. The van der Waals surface area contributed by atoms with Crippen LogP contribution < -0.4 is 4.90 Å². The highest BCUT2D eigenvalue weighted by molar-refractivity contribution is 6.34. The van der Waals surface area contributed by atoms with Crippen LogP contribution in [0.25, 0.3) is 0 Å². The number of non-ortho nitro benzene ring substituents is 1. The van der Waals surface area contributed by atoms with Crippen molar-refractivity contribution >= 4 is 28.9 Å². The van der Waals surface area contributed by atoms with Crippen molar-refractivity contribution in [2.45, 2.75) is 26.2 Å². The van der Waals surface area contributed by atoms with Gasteiger partial charge in [-0.05, 0) is 18.8 Å². The second-order valence-electron chi connectivity index (χ2n) is 5.28. The van der Waals surface area contributed by atoms with Crippen LogP contribution in [0.3, 0.4) is 0 Å². The molecule has 1 N–H and O–H groups in total. The Hall–Kier alpha value is -1.82. The number of rotatable bonds is 5. The van der Waals surface area contributed by atoms with Gasteiger partial charge in [0.05, 0.1) is 21.2 Å². The molecule has 0 saturated carbocycles. The molecule has 0 aliphatic carbocycles. The van der Waals surface area contributed by atoms with Crippen molar-refractivity contribution in [3.05, 3.63) is 32.8 Å². The standard InChI is InChI=1S/C14H17ClN2O4/c1-2-3-9-4-5-16(8-9)13-11(14(18)19)6-10(17(20)21)7-12(13)15/h6-7,9H,2-5,8H2,1H3,(H,18,19). The predicted molar refractivity (Wildman–Crippen MR) is 80.3 cm³/mol. The Morgan fingerprint density at radius 2 is 2.29 bits per heavy atom.